The molecule has 13 heavy (non-hydrogen) atoms. The molecule has 0 unspecified atom stereocenters. The monoisotopic (exact) mass is 368 g/mol. The maximum absolute atomic E-state index is 9.07. The molecule has 0 radical (unpaired) electrons. The van der Waals surface area contributed by atoms with Gasteiger partial charge in [0.1, 0.15) is 0 Å². The summed E-state index contributed by atoms with van der Waals surface area (Å²) in [6.45, 7) is 0.113. The minimum atomic E-state index is 0.113. The van der Waals surface area contributed by atoms with Crippen molar-refractivity contribution in [2.45, 2.75) is 6.61 Å². The van der Waals surface area contributed by atoms with Gasteiger partial charge in [-0.2, -0.15) is 0 Å². The van der Waals surface area contributed by atoms with Gasteiger partial charge < -0.3 is 5.11 Å². The van der Waals surface area contributed by atoms with Crippen LogP contribution in [0.1, 0.15) is 5.56 Å². The maximum Gasteiger partial charge on any atom is 0.0711 e. The zero-order valence-corrected chi connectivity index (χ0v) is 11.1. The summed E-state index contributed by atoms with van der Waals surface area (Å²) < 4.78 is 3.54. The molecule has 2 aromatic rings. The molecule has 0 aliphatic rings. The number of aliphatic hydroxyl groups excluding tert-OH is 1. The predicted octanol–water partition coefficient (Wildman–Crippen LogP) is 3.76. The van der Waals surface area contributed by atoms with Gasteiger partial charge >= 0.3 is 0 Å². The Kier molecular flexibility index (Phi) is 2.92. The highest BCUT2D eigenvalue weighted by molar-refractivity contribution is 14.1. The second kappa shape index (κ2) is 3.84. The molecule has 0 aliphatic heterocycles. The summed E-state index contributed by atoms with van der Waals surface area (Å²) in [5, 5.41) is 10.3. The fourth-order valence-corrected chi connectivity index (χ4v) is 3.74. The molecule has 1 heterocycles. The van der Waals surface area contributed by atoms with Crippen molar-refractivity contribution in [2.75, 3.05) is 0 Å². The smallest absolute Gasteiger partial charge is 0.0711 e. The fourth-order valence-electron chi connectivity index (χ4n) is 1.21. The van der Waals surface area contributed by atoms with E-state index in [4.69, 9.17) is 5.11 Å². The van der Waals surface area contributed by atoms with Gasteiger partial charge in [-0.05, 0) is 56.2 Å². The SMILES string of the molecule is OCc1ccc2sc(Br)cc2c1I. The van der Waals surface area contributed by atoms with Crippen molar-refractivity contribution in [1.82, 2.24) is 0 Å². The van der Waals surface area contributed by atoms with Crippen LogP contribution < -0.4 is 0 Å². The summed E-state index contributed by atoms with van der Waals surface area (Å²) in [6.07, 6.45) is 0. The number of hydrogen-bond acceptors (Lipinski definition) is 2. The molecule has 0 aliphatic carbocycles. The van der Waals surface area contributed by atoms with Gasteiger partial charge in [-0.15, -0.1) is 11.3 Å². The van der Waals surface area contributed by atoms with Crippen LogP contribution >= 0.6 is 49.9 Å². The van der Waals surface area contributed by atoms with Gasteiger partial charge in [0.2, 0.25) is 0 Å². The van der Waals surface area contributed by atoms with E-state index in [9.17, 15) is 0 Å². The largest absolute Gasteiger partial charge is 0.392 e. The van der Waals surface area contributed by atoms with Crippen LogP contribution in [0.5, 0.6) is 0 Å². The number of rotatable bonds is 1. The first-order valence-electron chi connectivity index (χ1n) is 3.69. The molecule has 0 spiro atoms. The van der Waals surface area contributed by atoms with E-state index in [0.717, 1.165) is 12.9 Å². The van der Waals surface area contributed by atoms with Crippen LogP contribution in [0.25, 0.3) is 10.1 Å². The van der Waals surface area contributed by atoms with Crippen molar-refractivity contribution in [1.29, 1.82) is 0 Å². The third-order valence-electron chi connectivity index (χ3n) is 1.86. The van der Waals surface area contributed by atoms with Gasteiger partial charge in [-0.3, -0.25) is 0 Å². The van der Waals surface area contributed by atoms with E-state index in [1.54, 1.807) is 11.3 Å². The van der Waals surface area contributed by atoms with Gasteiger partial charge in [0.05, 0.1) is 10.4 Å². The predicted molar refractivity (Wildman–Crippen MR) is 68.2 cm³/mol. The topological polar surface area (TPSA) is 20.2 Å². The molecule has 1 nitrogen and oxygen atoms in total. The summed E-state index contributed by atoms with van der Waals surface area (Å²) >= 11 is 7.45. The highest BCUT2D eigenvalue weighted by Crippen LogP contribution is 2.34. The lowest BCUT2D eigenvalue weighted by Gasteiger charge is -2.00. The number of aliphatic hydroxyl groups is 1. The summed E-state index contributed by atoms with van der Waals surface area (Å²) in [6, 6.07) is 6.13. The number of hydrogen-bond donors (Lipinski definition) is 1. The van der Waals surface area contributed by atoms with Crippen LogP contribution in [-0.2, 0) is 6.61 Å². The van der Waals surface area contributed by atoms with Crippen LogP contribution in [0.15, 0.2) is 22.0 Å². The van der Waals surface area contributed by atoms with Crippen LogP contribution in [0.4, 0.5) is 0 Å². The Hall–Kier alpha value is 0.350. The number of fused-ring (bicyclic) bond motifs is 1. The molecule has 0 saturated heterocycles. The van der Waals surface area contributed by atoms with Crippen molar-refractivity contribution in [3.05, 3.63) is 31.1 Å². The van der Waals surface area contributed by atoms with Gasteiger partial charge in [-0.25, -0.2) is 0 Å². The van der Waals surface area contributed by atoms with E-state index in [2.05, 4.69) is 50.7 Å². The summed E-state index contributed by atoms with van der Waals surface area (Å²) in [7, 11) is 0. The zero-order chi connectivity index (χ0) is 9.42. The van der Waals surface area contributed by atoms with E-state index >= 15 is 0 Å². The minimum Gasteiger partial charge on any atom is -0.392 e. The first-order valence-corrected chi connectivity index (χ1v) is 6.38. The molecule has 1 aromatic carbocycles. The van der Waals surface area contributed by atoms with E-state index in [-0.39, 0.29) is 6.61 Å². The standard InChI is InChI=1S/C9H6BrIOS/c10-8-3-6-7(13-8)2-1-5(4-12)9(6)11/h1-3,12H,4H2. The number of benzene rings is 1. The van der Waals surface area contributed by atoms with Crippen LogP contribution in [-0.4, -0.2) is 5.11 Å². The molecule has 0 fully saturated rings. The average molecular weight is 369 g/mol. The minimum absolute atomic E-state index is 0.113. The van der Waals surface area contributed by atoms with Crippen LogP contribution in [0.2, 0.25) is 0 Å². The quantitative estimate of drug-likeness (QED) is 0.760. The molecule has 2 rings (SSSR count). The molecule has 0 bridgehead atoms. The van der Waals surface area contributed by atoms with E-state index in [1.807, 2.05) is 6.07 Å². The van der Waals surface area contributed by atoms with Gasteiger partial charge in [0.15, 0.2) is 0 Å². The molecule has 1 N–H and O–H groups in total. The van der Waals surface area contributed by atoms with E-state index in [1.165, 1.54) is 10.1 Å². The molecule has 4 heteroatoms. The Morgan fingerprint density at radius 1 is 1.46 bits per heavy atom. The molecule has 1 aromatic heterocycles. The second-order valence-electron chi connectivity index (χ2n) is 2.66. The maximum atomic E-state index is 9.07. The fraction of sp³-hybridized carbons (Fsp3) is 0.111. The molecule has 68 valence electrons. The lowest BCUT2D eigenvalue weighted by molar-refractivity contribution is 0.281. The van der Waals surface area contributed by atoms with Crippen molar-refractivity contribution in [2.24, 2.45) is 0 Å². The number of thiophene rings is 1. The Morgan fingerprint density at radius 3 is 2.92 bits per heavy atom. The molecular formula is C9H6BrIOS. The Morgan fingerprint density at radius 2 is 2.23 bits per heavy atom. The zero-order valence-electron chi connectivity index (χ0n) is 6.55. The Bertz CT molecular complexity index is 452. The van der Waals surface area contributed by atoms with Gasteiger partial charge in [-0.1, -0.05) is 6.07 Å². The molecule has 0 atom stereocenters. The van der Waals surface area contributed by atoms with Gasteiger partial charge in [0, 0.05) is 13.7 Å². The summed E-state index contributed by atoms with van der Waals surface area (Å²) in [5.74, 6) is 0. The molecule has 0 saturated carbocycles. The molecule has 0 amide bonds. The van der Waals surface area contributed by atoms with Crippen LogP contribution in [0, 0.1) is 3.57 Å². The summed E-state index contributed by atoms with van der Waals surface area (Å²) in [5.41, 5.74) is 0.999. The van der Waals surface area contributed by atoms with Crippen molar-refractivity contribution < 1.29 is 5.11 Å². The first-order chi connectivity index (χ1) is 6.22. The van der Waals surface area contributed by atoms with Gasteiger partial charge in [0.25, 0.3) is 0 Å². The third kappa shape index (κ3) is 1.77. The van der Waals surface area contributed by atoms with Crippen LogP contribution in [0.3, 0.4) is 0 Å². The molecular weight excluding hydrogens is 363 g/mol. The Balaban J connectivity index is 2.78. The van der Waals surface area contributed by atoms with Crippen molar-refractivity contribution >= 4 is 59.9 Å². The van der Waals surface area contributed by atoms with Crippen molar-refractivity contribution in [3.8, 4) is 0 Å². The van der Waals surface area contributed by atoms with Crippen molar-refractivity contribution in [3.63, 3.8) is 0 Å². The number of halogens is 2. The average Bonchev–Trinajstić information content (AvgIpc) is 2.47. The lowest BCUT2D eigenvalue weighted by atomic mass is 10.2. The second-order valence-corrected chi connectivity index (χ2v) is 6.20. The highest BCUT2D eigenvalue weighted by Gasteiger charge is 2.06. The van der Waals surface area contributed by atoms with E-state index in [0.29, 0.717) is 0 Å². The lowest BCUT2D eigenvalue weighted by Crippen LogP contribution is -1.87. The van der Waals surface area contributed by atoms with E-state index < -0.39 is 0 Å². The normalized spacial score (nSPS) is 11.0. The highest BCUT2D eigenvalue weighted by atomic mass is 127. The summed E-state index contributed by atoms with van der Waals surface area (Å²) in [4.78, 5) is 0. The first kappa shape index (κ1) is 9.89. The Labute approximate surface area is 102 Å². The third-order valence-corrected chi connectivity index (χ3v) is 4.73.